The van der Waals surface area contributed by atoms with Gasteiger partial charge in [0.15, 0.2) is 5.78 Å². The lowest BCUT2D eigenvalue weighted by molar-refractivity contribution is 0.00415. The first-order valence-electron chi connectivity index (χ1n) is 9.95. The number of ether oxygens (including phenoxy) is 1. The van der Waals surface area contributed by atoms with Crippen molar-refractivity contribution in [3.63, 3.8) is 0 Å². The third kappa shape index (κ3) is 2.63. The number of methoxy groups -OCH3 is 1. The van der Waals surface area contributed by atoms with Gasteiger partial charge >= 0.3 is 0 Å². The van der Waals surface area contributed by atoms with Crippen LogP contribution in [0.3, 0.4) is 0 Å². The predicted octanol–water partition coefficient (Wildman–Crippen LogP) is 3.77. The van der Waals surface area contributed by atoms with Crippen molar-refractivity contribution < 1.29 is 28.7 Å². The number of hydrogen-bond donors (Lipinski definition) is 2. The third-order valence-electron chi connectivity index (χ3n) is 6.46. The minimum atomic E-state index is -1.91. The van der Waals surface area contributed by atoms with Crippen molar-refractivity contribution >= 4 is 22.4 Å². The second kappa shape index (κ2) is 6.73. The number of hydrogen-bond acceptors (Lipinski definition) is 6. The monoisotopic (exact) mass is 436 g/mol. The van der Waals surface area contributed by atoms with Gasteiger partial charge in [0.2, 0.25) is 5.78 Å². The Bertz CT molecular complexity index is 1250. The van der Waals surface area contributed by atoms with E-state index in [1.165, 1.54) is 7.11 Å². The molecule has 6 nitrogen and oxygen atoms in total. The normalized spacial score (nSPS) is 24.6. The summed E-state index contributed by atoms with van der Waals surface area (Å²) in [5, 5.41) is 22.2. The summed E-state index contributed by atoms with van der Waals surface area (Å²) >= 11 is 0. The van der Waals surface area contributed by atoms with Crippen molar-refractivity contribution in [1.29, 1.82) is 0 Å². The van der Waals surface area contributed by atoms with E-state index in [0.717, 1.165) is 11.6 Å². The highest BCUT2D eigenvalue weighted by Gasteiger charge is 2.49. The number of rotatable bonds is 3. The lowest BCUT2D eigenvalue weighted by Gasteiger charge is -2.44. The molecule has 2 bridgehead atoms. The van der Waals surface area contributed by atoms with Crippen LogP contribution in [-0.4, -0.2) is 33.1 Å². The van der Waals surface area contributed by atoms with E-state index < -0.39 is 28.0 Å². The van der Waals surface area contributed by atoms with Gasteiger partial charge in [0.05, 0.1) is 26.8 Å². The molecular weight excluding hydrogens is 416 g/mol. The average Bonchev–Trinajstić information content (AvgIpc) is 2.78. The first kappa shape index (κ1) is 19.9. The third-order valence-corrected chi connectivity index (χ3v) is 7.86. The van der Waals surface area contributed by atoms with Crippen molar-refractivity contribution in [2.45, 2.75) is 36.2 Å². The molecule has 7 heteroatoms. The quantitative estimate of drug-likeness (QED) is 0.561. The molecular formula is C24H20O6S. The van der Waals surface area contributed by atoms with Crippen LogP contribution >= 0.6 is 0 Å². The lowest BCUT2D eigenvalue weighted by atomic mass is 9.66. The molecule has 0 spiro atoms. The zero-order valence-electron chi connectivity index (χ0n) is 17.0. The molecule has 2 N–H and O–H groups in total. The number of aryl methyl sites for hydroxylation is 1. The number of benzene rings is 2. The van der Waals surface area contributed by atoms with E-state index >= 15 is 0 Å². The molecule has 0 aliphatic heterocycles. The van der Waals surface area contributed by atoms with Crippen LogP contribution in [0.4, 0.5) is 0 Å². The van der Waals surface area contributed by atoms with E-state index in [2.05, 4.69) is 0 Å². The Labute approximate surface area is 181 Å². The molecule has 0 radical (unpaired) electrons. The molecule has 3 atom stereocenters. The number of phenolic OH excluding ortho intramolecular Hbond substituents is 2. The highest BCUT2D eigenvalue weighted by Crippen LogP contribution is 2.58. The number of fused-ring (bicyclic) bond motifs is 2. The van der Waals surface area contributed by atoms with Crippen LogP contribution in [0, 0.1) is 6.92 Å². The molecule has 0 aromatic heterocycles. The summed E-state index contributed by atoms with van der Waals surface area (Å²) in [5.41, 5.74) is 0.169. The maximum absolute atomic E-state index is 13.4. The number of allylic oxidation sites excluding steroid dienone is 3. The molecule has 0 amide bonds. The Morgan fingerprint density at radius 2 is 1.81 bits per heavy atom. The number of ketones is 2. The molecule has 0 saturated carbocycles. The Kier molecular flexibility index (Phi) is 4.32. The molecule has 2 aromatic rings. The molecule has 31 heavy (non-hydrogen) atoms. The first-order chi connectivity index (χ1) is 14.8. The van der Waals surface area contributed by atoms with Gasteiger partial charge in [-0.05, 0) is 31.9 Å². The SMILES string of the molecule is CO[C@]12C=C[C@H](CC1)c1c(O)c3c(c(O)c12)C(=O)C(S(=O)c1ccc(C)cc1)=CC3=O. The summed E-state index contributed by atoms with van der Waals surface area (Å²) in [4.78, 5) is 26.5. The van der Waals surface area contributed by atoms with E-state index in [1.54, 1.807) is 24.3 Å². The van der Waals surface area contributed by atoms with E-state index in [1.807, 2.05) is 19.1 Å². The molecule has 0 fully saturated rings. The van der Waals surface area contributed by atoms with Gasteiger partial charge in [0, 0.05) is 35.1 Å². The van der Waals surface area contributed by atoms with E-state index in [4.69, 9.17) is 4.74 Å². The highest BCUT2D eigenvalue weighted by molar-refractivity contribution is 7.90. The van der Waals surface area contributed by atoms with Crippen LogP contribution in [0.15, 0.2) is 52.3 Å². The van der Waals surface area contributed by atoms with Gasteiger partial charge in [-0.15, -0.1) is 0 Å². The van der Waals surface area contributed by atoms with Gasteiger partial charge in [-0.2, -0.15) is 0 Å². The molecule has 2 aromatic carbocycles. The Hall–Kier alpha value is -3.03. The molecule has 0 saturated heterocycles. The van der Waals surface area contributed by atoms with Gasteiger partial charge in [-0.3, -0.25) is 9.59 Å². The Morgan fingerprint density at radius 3 is 2.42 bits per heavy atom. The van der Waals surface area contributed by atoms with Crippen LogP contribution in [0.2, 0.25) is 0 Å². The standard InChI is InChI=1S/C24H20O6S/c1-12-3-5-14(6-4-12)31(29)16-11-15(25)18-19(21(16)26)23(28)20-17(22(18)27)13-7-9-24(20,30-2)10-8-13/h3-7,9,11,13,27-28H,8,10H2,1-2H3/t13-,24-,31?/m1/s1. The van der Waals surface area contributed by atoms with Crippen molar-refractivity contribution in [3.05, 3.63) is 75.2 Å². The van der Waals surface area contributed by atoms with Gasteiger partial charge in [0.25, 0.3) is 0 Å². The van der Waals surface area contributed by atoms with Gasteiger partial charge < -0.3 is 14.9 Å². The fourth-order valence-corrected chi connectivity index (χ4v) is 5.96. The van der Waals surface area contributed by atoms with Crippen LogP contribution in [-0.2, 0) is 21.1 Å². The van der Waals surface area contributed by atoms with E-state index in [0.29, 0.717) is 28.9 Å². The summed E-state index contributed by atoms with van der Waals surface area (Å²) in [7, 11) is -0.414. The van der Waals surface area contributed by atoms with E-state index in [-0.39, 0.29) is 33.4 Å². The molecule has 6 rings (SSSR count). The molecule has 0 heterocycles. The summed E-state index contributed by atoms with van der Waals surface area (Å²) in [5.74, 6) is -2.27. The Morgan fingerprint density at radius 1 is 1.10 bits per heavy atom. The molecule has 158 valence electrons. The Balaban J connectivity index is 1.71. The van der Waals surface area contributed by atoms with Crippen molar-refractivity contribution in [3.8, 4) is 11.5 Å². The minimum Gasteiger partial charge on any atom is -0.507 e. The largest absolute Gasteiger partial charge is 0.507 e. The first-order valence-corrected chi connectivity index (χ1v) is 11.1. The molecule has 4 aliphatic rings. The summed E-state index contributed by atoms with van der Waals surface area (Å²) < 4.78 is 18.8. The van der Waals surface area contributed by atoms with Crippen molar-refractivity contribution in [2.75, 3.05) is 7.11 Å². The fraction of sp³-hybridized carbons (Fsp3) is 0.250. The number of Topliss-reactive ketones (excluding diaryl/α,β-unsaturated/α-hetero) is 1. The van der Waals surface area contributed by atoms with Gasteiger partial charge in [0.1, 0.15) is 17.1 Å². The van der Waals surface area contributed by atoms with Crippen LogP contribution < -0.4 is 0 Å². The number of carbonyl (C=O) groups is 2. The minimum absolute atomic E-state index is 0.182. The summed E-state index contributed by atoms with van der Waals surface area (Å²) in [6.07, 6.45) is 5.98. The summed E-state index contributed by atoms with van der Waals surface area (Å²) in [6.45, 7) is 1.88. The lowest BCUT2D eigenvalue weighted by Crippen LogP contribution is -2.37. The average molecular weight is 436 g/mol. The highest BCUT2D eigenvalue weighted by atomic mass is 32.2. The van der Waals surface area contributed by atoms with Gasteiger partial charge in [-0.1, -0.05) is 29.8 Å². The van der Waals surface area contributed by atoms with Gasteiger partial charge in [-0.25, -0.2) is 4.21 Å². The van der Waals surface area contributed by atoms with Crippen molar-refractivity contribution in [1.82, 2.24) is 0 Å². The predicted molar refractivity (Wildman–Crippen MR) is 114 cm³/mol. The summed E-state index contributed by atoms with van der Waals surface area (Å²) in [6, 6.07) is 6.80. The van der Waals surface area contributed by atoms with Crippen LogP contribution in [0.1, 0.15) is 56.2 Å². The topological polar surface area (TPSA) is 101 Å². The molecule has 4 aliphatic carbocycles. The van der Waals surface area contributed by atoms with Crippen LogP contribution in [0.5, 0.6) is 11.5 Å². The second-order valence-corrected chi connectivity index (χ2v) is 9.57. The maximum Gasteiger partial charge on any atom is 0.207 e. The second-order valence-electron chi connectivity index (χ2n) is 8.12. The zero-order chi connectivity index (χ0) is 22.1. The smallest absolute Gasteiger partial charge is 0.207 e. The number of carbonyl (C=O) groups excluding carboxylic acids is 2. The zero-order valence-corrected chi connectivity index (χ0v) is 17.8. The number of phenols is 2. The molecule has 1 unspecified atom stereocenters. The maximum atomic E-state index is 13.4. The van der Waals surface area contributed by atoms with E-state index in [9.17, 15) is 24.0 Å². The number of aromatic hydroxyl groups is 2. The van der Waals surface area contributed by atoms with Crippen molar-refractivity contribution in [2.24, 2.45) is 0 Å². The van der Waals surface area contributed by atoms with Crippen LogP contribution in [0.25, 0.3) is 0 Å². The fourth-order valence-electron chi connectivity index (χ4n) is 4.84.